The van der Waals surface area contributed by atoms with Gasteiger partial charge < -0.3 is 25.8 Å². The lowest BCUT2D eigenvalue weighted by molar-refractivity contribution is -0.203. The highest BCUT2D eigenvalue weighted by Crippen LogP contribution is 2.27. The first-order valence-corrected chi connectivity index (χ1v) is 9.08. The quantitative estimate of drug-likeness (QED) is 0.294. The summed E-state index contributed by atoms with van der Waals surface area (Å²) in [6, 6.07) is 0. The van der Waals surface area contributed by atoms with Gasteiger partial charge in [-0.05, 0) is 19.8 Å². The first-order chi connectivity index (χ1) is 13.5. The van der Waals surface area contributed by atoms with Crippen LogP contribution in [0.4, 0.5) is 18.3 Å². The normalized spacial score (nSPS) is 15.1. The molecule has 1 aliphatic heterocycles. The summed E-state index contributed by atoms with van der Waals surface area (Å²) in [6.45, 7) is 1.46. The van der Waals surface area contributed by atoms with Gasteiger partial charge in [-0.15, -0.1) is 0 Å². The summed E-state index contributed by atoms with van der Waals surface area (Å²) in [5.41, 5.74) is 11.1. The number of hydrogen-bond acceptors (Lipinski definition) is 8. The van der Waals surface area contributed by atoms with Crippen LogP contribution in [0, 0.1) is 6.92 Å². The van der Waals surface area contributed by atoms with E-state index in [2.05, 4.69) is 14.7 Å². The second kappa shape index (κ2) is 9.17. The van der Waals surface area contributed by atoms with Crippen molar-refractivity contribution in [3.63, 3.8) is 0 Å². The maximum absolute atomic E-state index is 12.6. The fourth-order valence-corrected chi connectivity index (χ4v) is 3.41. The largest absolute Gasteiger partial charge is 0.491 e. The number of esters is 2. The number of piperidine rings is 1. The van der Waals surface area contributed by atoms with E-state index >= 15 is 0 Å². The highest BCUT2D eigenvalue weighted by atomic mass is 32.1. The fourth-order valence-electron chi connectivity index (χ4n) is 2.48. The molecule has 0 unspecified atom stereocenters. The van der Waals surface area contributed by atoms with Gasteiger partial charge >= 0.3 is 18.1 Å². The van der Waals surface area contributed by atoms with Crippen molar-refractivity contribution in [2.75, 3.05) is 19.7 Å². The highest BCUT2D eigenvalue weighted by Gasteiger charge is 2.42. The van der Waals surface area contributed by atoms with E-state index in [0.29, 0.717) is 36.5 Å². The molecule has 0 atom stereocenters. The van der Waals surface area contributed by atoms with Gasteiger partial charge in [0.05, 0.1) is 11.8 Å². The number of aliphatic imine (C=N–C) groups is 1. The molecule has 0 spiro atoms. The molecule has 29 heavy (non-hydrogen) atoms. The molecule has 1 aliphatic rings. The number of rotatable bonds is 5. The second-order valence-corrected chi connectivity index (χ2v) is 6.99. The molecule has 0 saturated carbocycles. The molecular formula is C15H18F3N5O5S. The molecule has 10 nitrogen and oxygen atoms in total. The molecule has 1 amide bonds. The maximum Gasteiger partial charge on any atom is 0.491 e. The minimum atomic E-state index is -5.25. The fraction of sp³-hybridized carbons (Fsp3) is 0.533. The van der Waals surface area contributed by atoms with Gasteiger partial charge in [0, 0.05) is 13.1 Å². The number of amides is 1. The third kappa shape index (κ3) is 6.39. The number of aromatic nitrogens is 1. The number of carbonyl (C=O) groups excluding carboxylic acids is 3. The van der Waals surface area contributed by atoms with E-state index in [1.54, 1.807) is 11.8 Å². The van der Waals surface area contributed by atoms with E-state index in [9.17, 15) is 27.6 Å². The van der Waals surface area contributed by atoms with Crippen LogP contribution in [-0.4, -0.2) is 65.7 Å². The van der Waals surface area contributed by atoms with Crippen molar-refractivity contribution in [3.05, 3.63) is 10.6 Å². The lowest BCUT2D eigenvalue weighted by atomic mass is 10.1. The van der Waals surface area contributed by atoms with Crippen molar-refractivity contribution in [2.45, 2.75) is 32.0 Å². The maximum atomic E-state index is 12.6. The van der Waals surface area contributed by atoms with E-state index in [1.165, 1.54) is 0 Å². The van der Waals surface area contributed by atoms with Gasteiger partial charge in [-0.2, -0.15) is 18.2 Å². The van der Waals surface area contributed by atoms with Crippen LogP contribution < -0.4 is 11.5 Å². The van der Waals surface area contributed by atoms with E-state index in [0.717, 1.165) is 11.3 Å². The number of likely N-dealkylation sites (tertiary alicyclic amines) is 1. The Hall–Kier alpha value is -2.74. The Morgan fingerprint density at radius 2 is 1.90 bits per heavy atom. The Balaban J connectivity index is 1.82. The molecule has 0 aliphatic carbocycles. The van der Waals surface area contributed by atoms with Crippen LogP contribution in [0.2, 0.25) is 0 Å². The third-order valence-electron chi connectivity index (χ3n) is 3.81. The van der Waals surface area contributed by atoms with E-state index in [1.807, 2.05) is 0 Å². The monoisotopic (exact) mass is 437 g/mol. The molecule has 1 aromatic rings. The number of aryl methyl sites for hydroxylation is 1. The number of nitrogens with zero attached hydrogens (tertiary/aromatic N) is 3. The summed E-state index contributed by atoms with van der Waals surface area (Å²) >= 11 is 1.05. The molecule has 1 aromatic heterocycles. The Labute approximate surface area is 166 Å². The molecule has 1 saturated heterocycles. The van der Waals surface area contributed by atoms with Gasteiger partial charge in [-0.1, -0.05) is 11.3 Å². The summed E-state index contributed by atoms with van der Waals surface area (Å²) in [4.78, 5) is 44.3. The molecule has 4 N–H and O–H groups in total. The summed E-state index contributed by atoms with van der Waals surface area (Å²) < 4.78 is 44.9. The summed E-state index contributed by atoms with van der Waals surface area (Å²) in [5.74, 6) is -4.46. The third-order valence-corrected chi connectivity index (χ3v) is 4.85. The number of ether oxygens (including phenoxy) is 2. The summed E-state index contributed by atoms with van der Waals surface area (Å²) in [7, 11) is 0. The molecular weight excluding hydrogens is 419 g/mol. The van der Waals surface area contributed by atoms with Crippen molar-refractivity contribution in [3.8, 4) is 0 Å². The summed E-state index contributed by atoms with van der Waals surface area (Å²) in [5, 5.41) is 0.260. The average molecular weight is 437 g/mol. The number of guanidine groups is 1. The van der Waals surface area contributed by atoms with Crippen LogP contribution in [-0.2, 0) is 19.1 Å². The Bertz CT molecular complexity index is 814. The van der Waals surface area contributed by atoms with Gasteiger partial charge in [0.1, 0.15) is 11.5 Å². The van der Waals surface area contributed by atoms with Crippen LogP contribution in [0.3, 0.4) is 0 Å². The second-order valence-electron chi connectivity index (χ2n) is 6.01. The van der Waals surface area contributed by atoms with Gasteiger partial charge in [0.25, 0.3) is 5.91 Å². The zero-order chi connectivity index (χ0) is 21.8. The van der Waals surface area contributed by atoms with E-state index < -0.39 is 30.8 Å². The predicted molar refractivity (Wildman–Crippen MR) is 94.4 cm³/mol. The van der Waals surface area contributed by atoms with Crippen molar-refractivity contribution >= 4 is 40.3 Å². The molecule has 2 heterocycles. The van der Waals surface area contributed by atoms with Crippen LogP contribution >= 0.6 is 11.3 Å². The molecule has 0 radical (unpaired) electrons. The Morgan fingerprint density at radius 3 is 2.45 bits per heavy atom. The lowest BCUT2D eigenvalue weighted by Crippen LogP contribution is -2.41. The SMILES string of the molecule is Cc1nc(N=C(N)N)sc1C(=O)N1CCC(OCC(=O)OC(=O)C(F)(F)F)CC1. The van der Waals surface area contributed by atoms with Crippen molar-refractivity contribution in [1.82, 2.24) is 9.88 Å². The number of alkyl halides is 3. The molecule has 160 valence electrons. The Morgan fingerprint density at radius 1 is 1.28 bits per heavy atom. The molecule has 14 heteroatoms. The zero-order valence-electron chi connectivity index (χ0n) is 15.2. The van der Waals surface area contributed by atoms with E-state index in [4.69, 9.17) is 16.2 Å². The van der Waals surface area contributed by atoms with Crippen LogP contribution in [0.1, 0.15) is 28.2 Å². The topological polar surface area (TPSA) is 150 Å². The van der Waals surface area contributed by atoms with Gasteiger partial charge in [0.15, 0.2) is 5.96 Å². The smallest absolute Gasteiger partial charge is 0.385 e. The molecule has 1 fully saturated rings. The number of nitrogens with two attached hydrogens (primary N) is 2. The first kappa shape index (κ1) is 22.5. The first-order valence-electron chi connectivity index (χ1n) is 8.27. The predicted octanol–water partition coefficient (Wildman–Crippen LogP) is 0.610. The van der Waals surface area contributed by atoms with Crippen molar-refractivity contribution < 1.29 is 37.0 Å². The molecule has 0 aromatic carbocycles. The number of hydrogen-bond donors (Lipinski definition) is 2. The standard InChI is InChI=1S/C15H18F3N5O5S/c1-7-10(29-14(21-7)22-13(19)20)11(25)23-4-2-8(3-5-23)27-6-9(24)28-12(26)15(16,17)18/h8H,2-6H2,1H3,(H4,19,20,21,22). The minimum Gasteiger partial charge on any atom is -0.385 e. The minimum absolute atomic E-state index is 0.175. The number of halogens is 3. The van der Waals surface area contributed by atoms with Crippen LogP contribution in [0.5, 0.6) is 0 Å². The number of carbonyl (C=O) groups is 3. The lowest BCUT2D eigenvalue weighted by Gasteiger charge is -2.31. The van der Waals surface area contributed by atoms with Crippen molar-refractivity contribution in [2.24, 2.45) is 16.5 Å². The van der Waals surface area contributed by atoms with Gasteiger partial charge in [0.2, 0.25) is 5.13 Å². The highest BCUT2D eigenvalue weighted by molar-refractivity contribution is 7.17. The summed E-state index contributed by atoms with van der Waals surface area (Å²) in [6.07, 6.45) is -5.01. The van der Waals surface area contributed by atoms with Gasteiger partial charge in [-0.25, -0.2) is 14.6 Å². The van der Waals surface area contributed by atoms with Crippen molar-refractivity contribution in [1.29, 1.82) is 0 Å². The van der Waals surface area contributed by atoms with Gasteiger partial charge in [-0.3, -0.25) is 4.79 Å². The average Bonchev–Trinajstić information content (AvgIpc) is 2.98. The van der Waals surface area contributed by atoms with Crippen LogP contribution in [0.15, 0.2) is 4.99 Å². The Kier molecular flexibility index (Phi) is 7.13. The van der Waals surface area contributed by atoms with E-state index in [-0.39, 0.29) is 17.0 Å². The van der Waals surface area contributed by atoms with Crippen LogP contribution in [0.25, 0.3) is 0 Å². The molecule has 2 rings (SSSR count). The number of thiazole rings is 1. The molecule has 0 bridgehead atoms. The zero-order valence-corrected chi connectivity index (χ0v) is 16.0.